The Bertz CT molecular complexity index is 775. The van der Waals surface area contributed by atoms with E-state index in [1.165, 1.54) is 7.11 Å². The van der Waals surface area contributed by atoms with E-state index in [9.17, 15) is 4.79 Å². The Morgan fingerprint density at radius 3 is 3.10 bits per heavy atom. The van der Waals surface area contributed by atoms with E-state index in [1.54, 1.807) is 16.9 Å². The lowest BCUT2D eigenvalue weighted by molar-refractivity contribution is 0.0656. The third-order valence-electron chi connectivity index (χ3n) is 2.83. The van der Waals surface area contributed by atoms with Crippen molar-refractivity contribution in [3.63, 3.8) is 0 Å². The molecule has 0 amide bonds. The molecule has 0 saturated carbocycles. The zero-order chi connectivity index (χ0) is 14.1. The molecule has 0 spiro atoms. The van der Waals surface area contributed by atoms with E-state index in [0.29, 0.717) is 5.56 Å². The fourth-order valence-corrected chi connectivity index (χ4v) is 1.97. The number of rotatable bonds is 4. The minimum Gasteiger partial charge on any atom is -0.475 e. The van der Waals surface area contributed by atoms with Crippen LogP contribution in [0.1, 0.15) is 16.2 Å². The predicted molar refractivity (Wildman–Crippen MR) is 68.4 cm³/mol. The molecule has 0 fully saturated rings. The number of ether oxygens (including phenoxy) is 1. The van der Waals surface area contributed by atoms with Crippen molar-refractivity contribution in [2.45, 2.75) is 6.61 Å². The van der Waals surface area contributed by atoms with E-state index < -0.39 is 5.97 Å². The highest BCUT2D eigenvalue weighted by Crippen LogP contribution is 2.26. The van der Waals surface area contributed by atoms with Crippen molar-refractivity contribution >= 4 is 11.5 Å². The normalized spacial score (nSPS) is 11.1. The number of fused-ring (bicyclic) bond motifs is 1. The average molecular weight is 273 g/mol. The molecule has 0 unspecified atom stereocenters. The second-order valence-electron chi connectivity index (χ2n) is 4.12. The van der Waals surface area contributed by atoms with Gasteiger partial charge < -0.3 is 14.3 Å². The van der Waals surface area contributed by atoms with Crippen molar-refractivity contribution in [3.8, 4) is 11.5 Å². The van der Waals surface area contributed by atoms with Crippen molar-refractivity contribution in [1.82, 2.24) is 14.6 Å². The van der Waals surface area contributed by atoms with Gasteiger partial charge in [-0.1, -0.05) is 6.07 Å². The van der Waals surface area contributed by atoms with E-state index in [1.807, 2.05) is 18.2 Å². The molecule has 3 heterocycles. The molecular weight excluding hydrogens is 262 g/mol. The standard InChI is InChI=1S/C13H11N3O4/c1-19-7-9-11(13(17)18)20-12(15-9)8-6-14-16-5-3-2-4-10(8)16/h2-6H,7H2,1H3,(H,17,18). The van der Waals surface area contributed by atoms with Gasteiger partial charge >= 0.3 is 5.97 Å². The molecule has 0 aliphatic heterocycles. The molecule has 20 heavy (non-hydrogen) atoms. The molecule has 0 saturated heterocycles. The maximum atomic E-state index is 11.1. The zero-order valence-corrected chi connectivity index (χ0v) is 10.6. The summed E-state index contributed by atoms with van der Waals surface area (Å²) in [6.07, 6.45) is 3.37. The highest BCUT2D eigenvalue weighted by atomic mass is 16.5. The number of aromatic nitrogens is 3. The lowest BCUT2D eigenvalue weighted by atomic mass is 10.2. The first kappa shape index (κ1) is 12.4. The van der Waals surface area contributed by atoms with Crippen LogP contribution in [0.15, 0.2) is 35.0 Å². The maximum Gasteiger partial charge on any atom is 0.373 e. The summed E-state index contributed by atoms with van der Waals surface area (Å²) >= 11 is 0. The Morgan fingerprint density at radius 2 is 2.35 bits per heavy atom. The summed E-state index contributed by atoms with van der Waals surface area (Å²) in [5, 5.41) is 13.3. The summed E-state index contributed by atoms with van der Waals surface area (Å²) in [6, 6.07) is 5.55. The molecule has 7 nitrogen and oxygen atoms in total. The van der Waals surface area contributed by atoms with Crippen LogP contribution in [0.5, 0.6) is 0 Å². The minimum absolute atomic E-state index is 0.0738. The molecule has 0 atom stereocenters. The van der Waals surface area contributed by atoms with Gasteiger partial charge in [0, 0.05) is 13.3 Å². The molecular formula is C13H11N3O4. The SMILES string of the molecule is COCc1nc(-c2cnn3ccccc23)oc1C(=O)O. The molecule has 0 bridgehead atoms. The van der Waals surface area contributed by atoms with E-state index in [-0.39, 0.29) is 24.0 Å². The number of oxazole rings is 1. The van der Waals surface area contributed by atoms with Gasteiger partial charge in [0.05, 0.1) is 23.9 Å². The smallest absolute Gasteiger partial charge is 0.373 e. The number of hydrogen-bond acceptors (Lipinski definition) is 5. The average Bonchev–Trinajstić information content (AvgIpc) is 3.02. The van der Waals surface area contributed by atoms with E-state index in [0.717, 1.165) is 5.52 Å². The van der Waals surface area contributed by atoms with E-state index in [4.69, 9.17) is 14.3 Å². The van der Waals surface area contributed by atoms with E-state index in [2.05, 4.69) is 10.1 Å². The Balaban J connectivity index is 2.14. The molecule has 1 N–H and O–H groups in total. The Labute approximate surface area is 113 Å². The van der Waals surface area contributed by atoms with Gasteiger partial charge in [-0.25, -0.2) is 14.3 Å². The van der Waals surface area contributed by atoms with Crippen LogP contribution in [0.25, 0.3) is 17.0 Å². The van der Waals surface area contributed by atoms with Crippen molar-refractivity contribution < 1.29 is 19.1 Å². The number of methoxy groups -OCH3 is 1. The van der Waals surface area contributed by atoms with Crippen LogP contribution < -0.4 is 0 Å². The summed E-state index contributed by atoms with van der Waals surface area (Å²) in [7, 11) is 1.47. The zero-order valence-electron chi connectivity index (χ0n) is 10.6. The number of hydrogen-bond donors (Lipinski definition) is 1. The highest BCUT2D eigenvalue weighted by molar-refractivity contribution is 5.86. The molecule has 3 rings (SSSR count). The van der Waals surface area contributed by atoms with Crippen molar-refractivity contribution in [1.29, 1.82) is 0 Å². The highest BCUT2D eigenvalue weighted by Gasteiger charge is 2.21. The summed E-state index contributed by atoms with van der Waals surface area (Å²) in [5.74, 6) is -1.17. The monoisotopic (exact) mass is 273 g/mol. The quantitative estimate of drug-likeness (QED) is 0.780. The third-order valence-corrected chi connectivity index (χ3v) is 2.83. The van der Waals surface area contributed by atoms with Gasteiger partial charge in [0.2, 0.25) is 11.7 Å². The lowest BCUT2D eigenvalue weighted by Crippen LogP contribution is -2.00. The van der Waals surface area contributed by atoms with Gasteiger partial charge in [-0.3, -0.25) is 0 Å². The fraction of sp³-hybridized carbons (Fsp3) is 0.154. The molecule has 0 aromatic carbocycles. The second-order valence-corrected chi connectivity index (χ2v) is 4.12. The van der Waals surface area contributed by atoms with Crippen molar-refractivity contribution in [2.24, 2.45) is 0 Å². The first-order valence-corrected chi connectivity index (χ1v) is 5.85. The minimum atomic E-state index is -1.17. The molecule has 7 heteroatoms. The largest absolute Gasteiger partial charge is 0.475 e. The van der Waals surface area contributed by atoms with Crippen LogP contribution in [0, 0.1) is 0 Å². The maximum absolute atomic E-state index is 11.1. The Hall–Kier alpha value is -2.67. The molecule has 3 aromatic heterocycles. The van der Waals surface area contributed by atoms with Gasteiger partial charge in [-0.05, 0) is 12.1 Å². The van der Waals surface area contributed by atoms with Crippen LogP contribution in [0.2, 0.25) is 0 Å². The van der Waals surface area contributed by atoms with Crippen LogP contribution in [0.3, 0.4) is 0 Å². The van der Waals surface area contributed by atoms with Gasteiger partial charge in [0.25, 0.3) is 0 Å². The molecule has 102 valence electrons. The van der Waals surface area contributed by atoms with Gasteiger partial charge in [-0.2, -0.15) is 5.10 Å². The number of carbonyl (C=O) groups is 1. The number of nitrogens with zero attached hydrogens (tertiary/aromatic N) is 3. The topological polar surface area (TPSA) is 89.9 Å². The third kappa shape index (κ3) is 1.94. The molecule has 3 aromatic rings. The first-order chi connectivity index (χ1) is 9.70. The fourth-order valence-electron chi connectivity index (χ4n) is 1.97. The second kappa shape index (κ2) is 4.78. The van der Waals surface area contributed by atoms with Crippen LogP contribution in [0.4, 0.5) is 0 Å². The summed E-state index contributed by atoms with van der Waals surface area (Å²) < 4.78 is 11.9. The first-order valence-electron chi connectivity index (χ1n) is 5.85. The Morgan fingerprint density at radius 1 is 1.50 bits per heavy atom. The molecule has 0 aliphatic carbocycles. The number of carboxylic acid groups (broad SMARTS) is 1. The van der Waals surface area contributed by atoms with Crippen molar-refractivity contribution in [2.75, 3.05) is 7.11 Å². The van der Waals surface area contributed by atoms with E-state index >= 15 is 0 Å². The number of pyridine rings is 1. The van der Waals surface area contributed by atoms with Crippen LogP contribution in [-0.2, 0) is 11.3 Å². The summed E-state index contributed by atoms with van der Waals surface area (Å²) in [4.78, 5) is 15.3. The predicted octanol–water partition coefficient (Wildman–Crippen LogP) is 1.83. The van der Waals surface area contributed by atoms with Crippen LogP contribution in [-0.4, -0.2) is 32.8 Å². The van der Waals surface area contributed by atoms with Gasteiger partial charge in [0.1, 0.15) is 5.69 Å². The van der Waals surface area contributed by atoms with Gasteiger partial charge in [-0.15, -0.1) is 0 Å². The van der Waals surface area contributed by atoms with Crippen molar-refractivity contribution in [3.05, 3.63) is 42.0 Å². The Kier molecular flexibility index (Phi) is 2.96. The summed E-state index contributed by atoms with van der Waals surface area (Å²) in [6.45, 7) is 0.0738. The number of aromatic carboxylic acids is 1. The van der Waals surface area contributed by atoms with Crippen LogP contribution >= 0.6 is 0 Å². The van der Waals surface area contributed by atoms with Gasteiger partial charge in [0.15, 0.2) is 0 Å². The summed E-state index contributed by atoms with van der Waals surface area (Å²) in [5.41, 5.74) is 1.68. The lowest BCUT2D eigenvalue weighted by Gasteiger charge is -1.93. The molecule has 0 radical (unpaired) electrons. The number of carboxylic acids is 1. The molecule has 0 aliphatic rings.